The smallest absolute Gasteiger partial charge is 0.305 e. The van der Waals surface area contributed by atoms with Gasteiger partial charge < -0.3 is 20.0 Å². The molecule has 0 aromatic carbocycles. The second kappa shape index (κ2) is 10.9. The van der Waals surface area contributed by atoms with Gasteiger partial charge in [0, 0.05) is 34.0 Å². The Kier molecular flexibility index (Phi) is 8.11. The molecule has 35 heavy (non-hydrogen) atoms. The highest BCUT2D eigenvalue weighted by atomic mass is 32.1. The molecule has 0 aliphatic heterocycles. The predicted molar refractivity (Wildman–Crippen MR) is 137 cm³/mol. The monoisotopic (exact) mass is 497 g/mol. The molecule has 0 fully saturated rings. The van der Waals surface area contributed by atoms with Crippen LogP contribution in [0.15, 0.2) is 45.4 Å². The zero-order valence-electron chi connectivity index (χ0n) is 20.5. The van der Waals surface area contributed by atoms with Crippen molar-refractivity contribution in [1.82, 2.24) is 14.9 Å². The molecule has 0 radical (unpaired) electrons. The number of H-pyrrole nitrogens is 1. The van der Waals surface area contributed by atoms with E-state index < -0.39 is 24.0 Å². The summed E-state index contributed by atoms with van der Waals surface area (Å²) in [5, 5.41) is 14.2. The molecule has 3 N–H and O–H groups in total. The third kappa shape index (κ3) is 6.36. The van der Waals surface area contributed by atoms with E-state index in [1.807, 2.05) is 39.1 Å². The van der Waals surface area contributed by atoms with Gasteiger partial charge in [-0.05, 0) is 67.8 Å². The Morgan fingerprint density at radius 2 is 1.86 bits per heavy atom. The number of carbonyl (C=O) groups is 2. The van der Waals surface area contributed by atoms with Crippen LogP contribution < -0.4 is 16.4 Å². The molecule has 0 saturated carbocycles. The van der Waals surface area contributed by atoms with Crippen molar-refractivity contribution in [3.63, 3.8) is 0 Å². The number of carboxylic acid groups (broad SMARTS) is 1. The summed E-state index contributed by atoms with van der Waals surface area (Å²) in [6, 6.07) is 5.36. The third-order valence-corrected chi connectivity index (χ3v) is 6.83. The van der Waals surface area contributed by atoms with Crippen molar-refractivity contribution in [3.05, 3.63) is 78.9 Å². The number of carboxylic acids is 1. The van der Waals surface area contributed by atoms with Crippen LogP contribution in [0.25, 0.3) is 10.4 Å². The van der Waals surface area contributed by atoms with Gasteiger partial charge in [0.25, 0.3) is 11.1 Å². The van der Waals surface area contributed by atoms with Crippen molar-refractivity contribution in [2.45, 2.75) is 59.5 Å². The molecule has 8 nitrogen and oxygen atoms in total. The highest BCUT2D eigenvalue weighted by molar-refractivity contribution is 7.13. The van der Waals surface area contributed by atoms with E-state index in [1.54, 1.807) is 25.3 Å². The van der Waals surface area contributed by atoms with E-state index in [0.717, 1.165) is 16.0 Å². The lowest BCUT2D eigenvalue weighted by Crippen LogP contribution is -2.40. The number of rotatable bonds is 9. The summed E-state index contributed by atoms with van der Waals surface area (Å²) in [7, 11) is 0. The lowest BCUT2D eigenvalue weighted by atomic mass is 10.0. The van der Waals surface area contributed by atoms with Crippen LogP contribution in [0.4, 0.5) is 0 Å². The molecule has 3 rings (SSSR count). The minimum atomic E-state index is -1.05. The lowest BCUT2D eigenvalue weighted by molar-refractivity contribution is -0.138. The first-order valence-corrected chi connectivity index (χ1v) is 12.3. The van der Waals surface area contributed by atoms with E-state index in [0.29, 0.717) is 23.2 Å². The van der Waals surface area contributed by atoms with Crippen molar-refractivity contribution in [1.29, 1.82) is 0 Å². The van der Waals surface area contributed by atoms with Gasteiger partial charge in [0.1, 0.15) is 6.04 Å². The van der Waals surface area contributed by atoms with E-state index in [1.165, 1.54) is 22.0 Å². The fraction of sp³-hybridized carbons (Fsp3) is 0.385. The molecule has 2 atom stereocenters. The molecule has 186 valence electrons. The van der Waals surface area contributed by atoms with Crippen LogP contribution in [0.2, 0.25) is 0 Å². The van der Waals surface area contributed by atoms with Crippen LogP contribution >= 0.6 is 11.3 Å². The first kappa shape index (κ1) is 26.2. The number of nitrogens with one attached hydrogen (secondary N) is 2. The van der Waals surface area contributed by atoms with Crippen molar-refractivity contribution in [2.75, 3.05) is 0 Å². The van der Waals surface area contributed by atoms with Crippen LogP contribution in [0.3, 0.4) is 0 Å². The fourth-order valence-electron chi connectivity index (χ4n) is 3.99. The van der Waals surface area contributed by atoms with E-state index >= 15 is 0 Å². The molecular weight excluding hydrogens is 466 g/mol. The topological polar surface area (TPSA) is 121 Å². The lowest BCUT2D eigenvalue weighted by Gasteiger charge is -2.24. The number of thiophene rings is 1. The van der Waals surface area contributed by atoms with E-state index in [-0.39, 0.29) is 23.5 Å². The molecule has 0 spiro atoms. The quantitative estimate of drug-likeness (QED) is 0.411. The minimum absolute atomic E-state index is 0.135. The number of pyridine rings is 2. The summed E-state index contributed by atoms with van der Waals surface area (Å²) in [5.41, 5.74) is 3.17. The van der Waals surface area contributed by atoms with E-state index in [2.05, 4.69) is 10.3 Å². The van der Waals surface area contributed by atoms with Crippen LogP contribution in [0.5, 0.6) is 0 Å². The molecule has 3 aromatic heterocycles. The number of carbonyl (C=O) groups excluding carboxylic acids is 1. The fourth-order valence-corrected chi connectivity index (χ4v) is 5.03. The summed E-state index contributed by atoms with van der Waals surface area (Å²) in [4.78, 5) is 53.2. The minimum Gasteiger partial charge on any atom is -0.481 e. The Morgan fingerprint density at radius 1 is 1.14 bits per heavy atom. The molecule has 9 heteroatoms. The number of aromatic amines is 1. The molecular formula is C26H31N3O5S. The number of amides is 1. The van der Waals surface area contributed by atoms with Gasteiger partial charge in [-0.2, -0.15) is 0 Å². The van der Waals surface area contributed by atoms with Gasteiger partial charge in [-0.25, -0.2) is 0 Å². The largest absolute Gasteiger partial charge is 0.481 e. The molecule has 0 aliphatic rings. The predicted octanol–water partition coefficient (Wildman–Crippen LogP) is 4.11. The molecule has 3 heterocycles. The molecule has 0 saturated heterocycles. The second-order valence-corrected chi connectivity index (χ2v) is 10.2. The van der Waals surface area contributed by atoms with Gasteiger partial charge in [-0.15, -0.1) is 11.3 Å². The average molecular weight is 498 g/mol. The van der Waals surface area contributed by atoms with Crippen molar-refractivity contribution < 1.29 is 14.7 Å². The normalized spacial score (nSPS) is 13.0. The Morgan fingerprint density at radius 3 is 2.49 bits per heavy atom. The van der Waals surface area contributed by atoms with Gasteiger partial charge in [-0.3, -0.25) is 19.2 Å². The highest BCUT2D eigenvalue weighted by Gasteiger charge is 2.27. The van der Waals surface area contributed by atoms with Crippen molar-refractivity contribution >= 4 is 23.2 Å². The van der Waals surface area contributed by atoms with Crippen molar-refractivity contribution in [3.8, 4) is 10.4 Å². The third-order valence-electron chi connectivity index (χ3n) is 5.84. The molecule has 1 amide bonds. The van der Waals surface area contributed by atoms with Gasteiger partial charge in [0.2, 0.25) is 5.91 Å². The zero-order chi connectivity index (χ0) is 25.9. The first-order chi connectivity index (χ1) is 16.5. The van der Waals surface area contributed by atoms with Crippen LogP contribution in [-0.4, -0.2) is 26.5 Å². The summed E-state index contributed by atoms with van der Waals surface area (Å²) in [6.07, 6.45) is 1.74. The Hall–Kier alpha value is -3.46. The highest BCUT2D eigenvalue weighted by Crippen LogP contribution is 2.33. The summed E-state index contributed by atoms with van der Waals surface area (Å²) >= 11 is 1.41. The maximum absolute atomic E-state index is 13.4. The summed E-state index contributed by atoms with van der Waals surface area (Å²) in [6.45, 7) is 9.28. The van der Waals surface area contributed by atoms with Gasteiger partial charge in [0.05, 0.1) is 12.5 Å². The standard InChI is InChI=1S/C26H31N3O5S/c1-14(2)8-21(29-7-6-15(3)9-23(29)30)26(34)28-20(12-24(31)32)18-11-22(35-13-18)19-10-16(4)25(33)27-17(19)5/h6-7,9-11,13-14,20-21H,8,12H2,1-5H3,(H,27,33)(H,28,34)(H,31,32). The van der Waals surface area contributed by atoms with Gasteiger partial charge >= 0.3 is 5.97 Å². The second-order valence-electron chi connectivity index (χ2n) is 9.32. The molecule has 3 aromatic rings. The van der Waals surface area contributed by atoms with E-state index in [9.17, 15) is 24.3 Å². The Balaban J connectivity index is 1.94. The molecule has 0 aliphatic carbocycles. The number of aryl methyl sites for hydroxylation is 3. The SMILES string of the molecule is Cc1ccn(C(CC(C)C)C(=O)NC(CC(=O)O)c2csc(-c3cc(C)c(=O)[nH]c3C)c2)c(=O)c1. The summed E-state index contributed by atoms with van der Waals surface area (Å²) < 4.78 is 1.41. The maximum Gasteiger partial charge on any atom is 0.305 e. The van der Waals surface area contributed by atoms with Crippen molar-refractivity contribution in [2.24, 2.45) is 5.92 Å². The number of aliphatic carboxylic acids is 1. The number of aromatic nitrogens is 2. The van der Waals surface area contributed by atoms with Crippen LogP contribution in [0, 0.1) is 26.7 Å². The van der Waals surface area contributed by atoms with Crippen LogP contribution in [0.1, 0.15) is 61.2 Å². The molecule has 0 bridgehead atoms. The van der Waals surface area contributed by atoms with Gasteiger partial charge in [0.15, 0.2) is 0 Å². The molecule has 2 unspecified atom stereocenters. The Labute approximate surface area is 207 Å². The average Bonchev–Trinajstić information content (AvgIpc) is 3.24. The number of hydrogen-bond acceptors (Lipinski definition) is 5. The number of nitrogens with zero attached hydrogens (tertiary/aromatic N) is 1. The maximum atomic E-state index is 13.4. The zero-order valence-corrected chi connectivity index (χ0v) is 21.4. The Bertz CT molecular complexity index is 1350. The first-order valence-electron chi connectivity index (χ1n) is 11.5. The number of hydrogen-bond donors (Lipinski definition) is 3. The van der Waals surface area contributed by atoms with Gasteiger partial charge in [-0.1, -0.05) is 13.8 Å². The summed E-state index contributed by atoms with van der Waals surface area (Å²) in [5.74, 6) is -1.32. The van der Waals surface area contributed by atoms with E-state index in [4.69, 9.17) is 0 Å². The van der Waals surface area contributed by atoms with Crippen LogP contribution in [-0.2, 0) is 9.59 Å².